The van der Waals surface area contributed by atoms with Gasteiger partial charge in [-0.1, -0.05) is 0 Å². The normalized spacial score (nSPS) is 23.7. The van der Waals surface area contributed by atoms with Gasteiger partial charge in [-0.25, -0.2) is 5.06 Å². The lowest BCUT2D eigenvalue weighted by Crippen LogP contribution is -2.33. The fourth-order valence-corrected chi connectivity index (χ4v) is 3.66. The number of nitrogen functional groups attached to an aromatic ring is 1. The average Bonchev–Trinajstić information content (AvgIpc) is 3.27. The highest BCUT2D eigenvalue weighted by atomic mass is 16.6. The summed E-state index contributed by atoms with van der Waals surface area (Å²) in [6, 6.07) is -1.03. The lowest BCUT2D eigenvalue weighted by Gasteiger charge is -2.18. The molecule has 33 heavy (non-hydrogen) atoms. The highest BCUT2D eigenvalue weighted by molar-refractivity contribution is 6.06. The number of aliphatic hydroxyl groups is 3. The molecule has 1 aliphatic heterocycles. The van der Waals surface area contributed by atoms with Crippen LogP contribution in [0.2, 0.25) is 0 Å². The van der Waals surface area contributed by atoms with Crippen LogP contribution in [0.15, 0.2) is 11.0 Å². The van der Waals surface area contributed by atoms with Crippen LogP contribution in [-0.2, 0) is 9.53 Å². The molecule has 0 unspecified atom stereocenters. The predicted octanol–water partition coefficient (Wildman–Crippen LogP) is -2.48. The summed E-state index contributed by atoms with van der Waals surface area (Å²) in [5, 5.41) is 57.8. The zero-order valence-electron chi connectivity index (χ0n) is 17.5. The van der Waals surface area contributed by atoms with Gasteiger partial charge in [0.2, 0.25) is 5.95 Å². The molecule has 11 N–H and O–H groups in total. The first-order valence-electron chi connectivity index (χ1n) is 10.1. The Morgan fingerprint density at radius 2 is 2.06 bits per heavy atom. The lowest BCUT2D eigenvalue weighted by atomic mass is 10.1. The fourth-order valence-electron chi connectivity index (χ4n) is 3.66. The van der Waals surface area contributed by atoms with Crippen molar-refractivity contribution in [1.82, 2.24) is 19.6 Å². The molecule has 15 heteroatoms. The van der Waals surface area contributed by atoms with Crippen LogP contribution in [0.5, 0.6) is 0 Å². The van der Waals surface area contributed by atoms with Gasteiger partial charge in [0.05, 0.1) is 17.6 Å². The highest BCUT2D eigenvalue weighted by Crippen LogP contribution is 2.33. The van der Waals surface area contributed by atoms with Gasteiger partial charge >= 0.3 is 5.97 Å². The van der Waals surface area contributed by atoms with Crippen molar-refractivity contribution in [1.29, 1.82) is 5.41 Å². The predicted molar refractivity (Wildman–Crippen MR) is 113 cm³/mol. The van der Waals surface area contributed by atoms with Gasteiger partial charge in [-0.2, -0.15) is 4.98 Å². The van der Waals surface area contributed by atoms with Crippen LogP contribution in [-0.4, -0.2) is 94.5 Å². The summed E-state index contributed by atoms with van der Waals surface area (Å²) < 4.78 is 6.70. The number of carboxylic acid groups (broad SMARTS) is 1. The van der Waals surface area contributed by atoms with Gasteiger partial charge in [0.1, 0.15) is 24.4 Å². The molecule has 15 nitrogen and oxygen atoms in total. The van der Waals surface area contributed by atoms with E-state index >= 15 is 0 Å². The summed E-state index contributed by atoms with van der Waals surface area (Å²) in [7, 11) is 0. The third-order valence-corrected chi connectivity index (χ3v) is 5.46. The molecule has 0 bridgehead atoms. The number of fused-ring (bicyclic) bond motifs is 1. The molecule has 0 aromatic carbocycles. The summed E-state index contributed by atoms with van der Waals surface area (Å²) in [6.07, 6.45) is -3.11. The Hall–Kier alpha value is -3.08. The third kappa shape index (κ3) is 4.82. The van der Waals surface area contributed by atoms with Crippen LogP contribution in [0.4, 0.5) is 5.95 Å². The molecule has 0 amide bonds. The van der Waals surface area contributed by atoms with Gasteiger partial charge in [-0.3, -0.25) is 25.2 Å². The largest absolute Gasteiger partial charge is 0.480 e. The lowest BCUT2D eigenvalue weighted by molar-refractivity contribution is -0.138. The van der Waals surface area contributed by atoms with E-state index in [9.17, 15) is 30.1 Å². The maximum absolute atomic E-state index is 12.6. The summed E-state index contributed by atoms with van der Waals surface area (Å²) in [6.45, 7) is -0.616. The number of hydrogen-bond acceptors (Lipinski definition) is 11. The molecule has 0 spiro atoms. The van der Waals surface area contributed by atoms with E-state index in [1.165, 1.54) is 10.8 Å². The zero-order chi connectivity index (χ0) is 24.4. The van der Waals surface area contributed by atoms with Crippen molar-refractivity contribution >= 4 is 28.8 Å². The minimum absolute atomic E-state index is 0.0496. The van der Waals surface area contributed by atoms with E-state index in [0.29, 0.717) is 17.9 Å². The number of aliphatic hydroxyl groups excluding tert-OH is 3. The summed E-state index contributed by atoms with van der Waals surface area (Å²) in [5.74, 6) is -1.84. The number of carboxylic acids is 1. The Labute approximate surface area is 186 Å². The molecule has 0 radical (unpaired) electrons. The molecule has 5 atom stereocenters. The maximum atomic E-state index is 12.6. The number of amidine groups is 1. The Bertz CT molecular complexity index is 1090. The molecule has 2 aromatic rings. The zero-order valence-corrected chi connectivity index (χ0v) is 17.5. The molecular weight excluding hydrogens is 442 g/mol. The molecule has 2 aromatic heterocycles. The number of anilines is 1. The monoisotopic (exact) mass is 469 g/mol. The van der Waals surface area contributed by atoms with Crippen LogP contribution < -0.4 is 17.0 Å². The van der Waals surface area contributed by atoms with E-state index in [1.807, 2.05) is 0 Å². The Morgan fingerprint density at radius 3 is 2.67 bits per heavy atom. The van der Waals surface area contributed by atoms with Crippen molar-refractivity contribution in [3.8, 4) is 0 Å². The van der Waals surface area contributed by atoms with E-state index in [1.54, 1.807) is 0 Å². The maximum Gasteiger partial charge on any atom is 0.320 e. The van der Waals surface area contributed by atoms with Crippen LogP contribution in [0.25, 0.3) is 11.0 Å². The topological polar surface area (TPSA) is 257 Å². The van der Waals surface area contributed by atoms with Gasteiger partial charge in [0.25, 0.3) is 5.56 Å². The number of aliphatic carboxylic acids is 1. The molecule has 0 aliphatic carbocycles. The van der Waals surface area contributed by atoms with Gasteiger partial charge < -0.3 is 41.2 Å². The quantitative estimate of drug-likeness (QED) is 0.0800. The molecule has 1 saturated heterocycles. The second-order valence-electron chi connectivity index (χ2n) is 7.74. The summed E-state index contributed by atoms with van der Waals surface area (Å²) in [4.78, 5) is 29.7. The van der Waals surface area contributed by atoms with Crippen molar-refractivity contribution in [2.75, 3.05) is 18.9 Å². The summed E-state index contributed by atoms with van der Waals surface area (Å²) >= 11 is 0. The summed E-state index contributed by atoms with van der Waals surface area (Å²) in [5.41, 5.74) is 10.3. The van der Waals surface area contributed by atoms with Crippen molar-refractivity contribution in [2.45, 2.75) is 49.8 Å². The molecule has 3 rings (SSSR count). The number of hydroxylamine groups is 2. The van der Waals surface area contributed by atoms with E-state index in [2.05, 4.69) is 9.97 Å². The molecule has 0 saturated carbocycles. The van der Waals surface area contributed by atoms with Crippen molar-refractivity contribution in [3.05, 3.63) is 22.1 Å². The van der Waals surface area contributed by atoms with Crippen LogP contribution in [0, 0.1) is 5.41 Å². The van der Waals surface area contributed by atoms with Crippen molar-refractivity contribution in [2.24, 2.45) is 5.73 Å². The number of hydrogen-bond donors (Lipinski definition) is 9. The number of carbonyl (C=O) groups is 1. The van der Waals surface area contributed by atoms with Crippen LogP contribution in [0.3, 0.4) is 0 Å². The SMILES string of the molecule is N=C(c1cn([C@@H]2O[C@H](CO)[C@@H](O)[C@H]2O)c2nc(N)[nH]c(=O)c12)N(O)CCCC[C@H](N)C(=O)O. The third-order valence-electron chi connectivity index (χ3n) is 5.46. The molecule has 3 heterocycles. The number of nitrogens with two attached hydrogens (primary N) is 2. The van der Waals surface area contributed by atoms with E-state index in [-0.39, 0.29) is 35.5 Å². The number of ether oxygens (including phenoxy) is 1. The molecule has 1 fully saturated rings. The number of unbranched alkanes of at least 4 members (excludes halogenated alkanes) is 1. The molecular formula is C18H27N7O8. The first-order chi connectivity index (χ1) is 15.6. The van der Waals surface area contributed by atoms with Gasteiger partial charge in [0.15, 0.2) is 17.7 Å². The van der Waals surface area contributed by atoms with E-state index in [0.717, 1.165) is 0 Å². The van der Waals surface area contributed by atoms with E-state index < -0.39 is 54.6 Å². The van der Waals surface area contributed by atoms with Crippen LogP contribution in [0.1, 0.15) is 31.1 Å². The van der Waals surface area contributed by atoms with Crippen molar-refractivity contribution < 1.29 is 35.2 Å². The van der Waals surface area contributed by atoms with Gasteiger partial charge in [-0.05, 0) is 19.3 Å². The Morgan fingerprint density at radius 1 is 1.36 bits per heavy atom. The standard InChI is InChI=1S/C18H27N7O8/c19-8(17(30)31)3-1-2-4-25(32)13(20)7-5-24(14-10(7)15(29)23-18(21)22-14)16-12(28)11(27)9(6-26)33-16/h5,8-9,11-12,16,20,26-28,32H,1-4,6,19H2,(H,30,31)(H3,21,22,23,29)/t8-,9+,11+,12+,16+/m0/s1. The van der Waals surface area contributed by atoms with E-state index in [4.69, 9.17) is 26.7 Å². The smallest absolute Gasteiger partial charge is 0.320 e. The minimum Gasteiger partial charge on any atom is -0.480 e. The van der Waals surface area contributed by atoms with Gasteiger partial charge in [-0.15, -0.1) is 0 Å². The van der Waals surface area contributed by atoms with Gasteiger partial charge in [0, 0.05) is 12.7 Å². The average molecular weight is 469 g/mol. The Kier molecular flexibility index (Phi) is 7.31. The first-order valence-corrected chi connectivity index (χ1v) is 10.1. The minimum atomic E-state index is -1.48. The fraction of sp³-hybridized carbons (Fsp3) is 0.556. The Balaban J connectivity index is 1.88. The number of nitrogens with zero attached hydrogens (tertiary/aromatic N) is 3. The highest BCUT2D eigenvalue weighted by Gasteiger charge is 2.44. The van der Waals surface area contributed by atoms with Crippen LogP contribution >= 0.6 is 0 Å². The second-order valence-corrected chi connectivity index (χ2v) is 7.74. The second kappa shape index (κ2) is 9.82. The number of nitrogens with one attached hydrogen (secondary N) is 2. The van der Waals surface area contributed by atoms with Crippen molar-refractivity contribution in [3.63, 3.8) is 0 Å². The number of rotatable bonds is 9. The first kappa shape index (κ1) is 24.6. The molecule has 182 valence electrons. The molecule has 1 aliphatic rings. The number of aromatic amines is 1. The number of H-pyrrole nitrogens is 1. The number of aromatic nitrogens is 3.